The topological polar surface area (TPSA) is 70.2 Å². The molecule has 1 aliphatic rings. The molecule has 0 saturated carbocycles. The lowest BCUT2D eigenvalue weighted by Crippen LogP contribution is -2.30. The fourth-order valence-corrected chi connectivity index (χ4v) is 2.50. The second-order valence-corrected chi connectivity index (χ2v) is 5.77. The second kappa shape index (κ2) is 10.9. The van der Waals surface area contributed by atoms with E-state index in [2.05, 4.69) is 27.8 Å². The van der Waals surface area contributed by atoms with Gasteiger partial charge in [0.2, 0.25) is 5.91 Å². The van der Waals surface area contributed by atoms with Crippen LogP contribution < -0.4 is 16.0 Å². The number of nitrogens with one attached hydrogen (secondary N) is 3. The van der Waals surface area contributed by atoms with Gasteiger partial charge in [-0.15, -0.1) is 11.8 Å². The first-order chi connectivity index (χ1) is 10.6. The predicted molar refractivity (Wildman–Crippen MR) is 88.3 cm³/mol. The van der Waals surface area contributed by atoms with Crippen LogP contribution in [0.1, 0.15) is 65.2 Å². The molecule has 0 aromatic heterocycles. The zero-order chi connectivity index (χ0) is 16.2. The molecule has 0 spiro atoms. The van der Waals surface area contributed by atoms with Gasteiger partial charge in [-0.3, -0.25) is 4.79 Å². The smallest absolute Gasteiger partial charge is 0.315 e. The largest absolute Gasteiger partial charge is 0.356 e. The van der Waals surface area contributed by atoms with Gasteiger partial charge in [-0.2, -0.15) is 0 Å². The maximum atomic E-state index is 11.6. The van der Waals surface area contributed by atoms with Gasteiger partial charge in [-0.25, -0.2) is 4.79 Å². The van der Waals surface area contributed by atoms with Crippen LogP contribution in [0.2, 0.25) is 0 Å². The summed E-state index contributed by atoms with van der Waals surface area (Å²) < 4.78 is 0. The third-order valence-corrected chi connectivity index (χ3v) is 3.80. The molecule has 22 heavy (non-hydrogen) atoms. The molecule has 124 valence electrons. The van der Waals surface area contributed by atoms with Crippen LogP contribution in [0.25, 0.3) is 0 Å². The number of amides is 3. The minimum Gasteiger partial charge on any atom is -0.356 e. The summed E-state index contributed by atoms with van der Waals surface area (Å²) in [5.41, 5.74) is 0. The Morgan fingerprint density at radius 2 is 2.00 bits per heavy atom. The number of carbonyl (C=O) groups is 2. The van der Waals surface area contributed by atoms with Crippen molar-refractivity contribution in [1.29, 1.82) is 0 Å². The van der Waals surface area contributed by atoms with E-state index < -0.39 is 0 Å². The van der Waals surface area contributed by atoms with Crippen molar-refractivity contribution in [3.8, 4) is 11.8 Å². The Bertz CT molecular complexity index is 412. The molecule has 1 heterocycles. The van der Waals surface area contributed by atoms with Crippen molar-refractivity contribution in [1.82, 2.24) is 16.0 Å². The minimum atomic E-state index is -0.0690. The average Bonchev–Trinajstić information content (AvgIpc) is 2.80. The molecule has 0 aromatic carbocycles. The lowest BCUT2D eigenvalue weighted by molar-refractivity contribution is -0.121. The fourth-order valence-electron chi connectivity index (χ4n) is 2.50. The quantitative estimate of drug-likeness (QED) is 0.452. The molecule has 0 radical (unpaired) electrons. The Kier molecular flexibility index (Phi) is 9.13. The van der Waals surface area contributed by atoms with Gasteiger partial charge in [-0.05, 0) is 26.2 Å². The van der Waals surface area contributed by atoms with Crippen LogP contribution in [0, 0.1) is 11.8 Å². The molecule has 1 aliphatic heterocycles. The van der Waals surface area contributed by atoms with Crippen LogP contribution >= 0.6 is 0 Å². The average molecular weight is 307 g/mol. The minimum absolute atomic E-state index is 0.0690. The summed E-state index contributed by atoms with van der Waals surface area (Å²) in [5.74, 6) is 6.22. The summed E-state index contributed by atoms with van der Waals surface area (Å²) in [5, 5.41) is 8.69. The van der Waals surface area contributed by atoms with E-state index in [0.29, 0.717) is 13.0 Å². The molecule has 3 amide bonds. The fraction of sp³-hybridized carbons (Fsp3) is 0.765. The summed E-state index contributed by atoms with van der Waals surface area (Å²) in [7, 11) is 0. The molecule has 1 saturated heterocycles. The highest BCUT2D eigenvalue weighted by Gasteiger charge is 2.26. The highest BCUT2D eigenvalue weighted by molar-refractivity contribution is 5.77. The van der Waals surface area contributed by atoms with Crippen LogP contribution in [-0.4, -0.2) is 30.6 Å². The Labute approximate surface area is 134 Å². The number of unbranched alkanes of at least 4 members (excludes halogenated alkanes) is 3. The van der Waals surface area contributed by atoms with Crippen LogP contribution in [-0.2, 0) is 4.79 Å². The predicted octanol–water partition coefficient (Wildman–Crippen LogP) is 2.32. The number of rotatable bonds is 9. The van der Waals surface area contributed by atoms with Crippen LogP contribution in [0.15, 0.2) is 0 Å². The third kappa shape index (κ3) is 7.92. The van der Waals surface area contributed by atoms with Gasteiger partial charge in [0.05, 0.1) is 6.04 Å². The molecule has 3 N–H and O–H groups in total. The van der Waals surface area contributed by atoms with Crippen LogP contribution in [0.3, 0.4) is 0 Å². The normalized spacial score (nSPS) is 19.8. The van der Waals surface area contributed by atoms with E-state index in [1.165, 1.54) is 0 Å². The van der Waals surface area contributed by atoms with Gasteiger partial charge in [0.25, 0.3) is 0 Å². The highest BCUT2D eigenvalue weighted by atomic mass is 16.2. The first-order valence-corrected chi connectivity index (χ1v) is 8.43. The van der Waals surface area contributed by atoms with E-state index in [4.69, 9.17) is 0 Å². The van der Waals surface area contributed by atoms with E-state index in [-0.39, 0.29) is 24.0 Å². The van der Waals surface area contributed by atoms with Crippen molar-refractivity contribution in [2.24, 2.45) is 0 Å². The molecule has 0 bridgehead atoms. The molecule has 1 fully saturated rings. The van der Waals surface area contributed by atoms with E-state index in [9.17, 15) is 9.59 Å². The SMILES string of the molecule is CCC#CCCCNC(=O)CCCCC[C@H]1NC(=O)N[C@H]1C. The van der Waals surface area contributed by atoms with Gasteiger partial charge in [0.1, 0.15) is 0 Å². The molecular formula is C17H29N3O2. The van der Waals surface area contributed by atoms with Gasteiger partial charge in [0, 0.05) is 31.8 Å². The second-order valence-electron chi connectivity index (χ2n) is 5.77. The summed E-state index contributed by atoms with van der Waals surface area (Å²) >= 11 is 0. The molecule has 5 heteroatoms. The first-order valence-electron chi connectivity index (χ1n) is 8.43. The van der Waals surface area contributed by atoms with Crippen molar-refractivity contribution in [2.75, 3.05) is 6.54 Å². The van der Waals surface area contributed by atoms with Crippen molar-refractivity contribution < 1.29 is 9.59 Å². The van der Waals surface area contributed by atoms with E-state index >= 15 is 0 Å². The number of urea groups is 1. The van der Waals surface area contributed by atoms with E-state index in [1.54, 1.807) is 0 Å². The zero-order valence-electron chi connectivity index (χ0n) is 13.8. The maximum Gasteiger partial charge on any atom is 0.315 e. The molecule has 0 aromatic rings. The third-order valence-electron chi connectivity index (χ3n) is 3.80. The zero-order valence-corrected chi connectivity index (χ0v) is 13.8. The molecule has 0 aliphatic carbocycles. The summed E-state index contributed by atoms with van der Waals surface area (Å²) in [4.78, 5) is 22.8. The standard InChI is InChI=1S/C17H29N3O2/c1-3-4-5-6-10-13-18-16(21)12-9-7-8-11-15-14(2)19-17(22)20-15/h14-15H,3,6-13H2,1-2H3,(H,18,21)(H2,19,20,22)/t14-,15+/m0/s1. The number of hydrogen-bond acceptors (Lipinski definition) is 2. The highest BCUT2D eigenvalue weighted by Crippen LogP contribution is 2.11. The van der Waals surface area contributed by atoms with Crippen LogP contribution in [0.5, 0.6) is 0 Å². The summed E-state index contributed by atoms with van der Waals surface area (Å²) in [6.07, 6.45) is 7.20. The summed E-state index contributed by atoms with van der Waals surface area (Å²) in [6, 6.07) is 0.359. The maximum absolute atomic E-state index is 11.6. The monoisotopic (exact) mass is 307 g/mol. The van der Waals surface area contributed by atoms with E-state index in [1.807, 2.05) is 13.8 Å². The van der Waals surface area contributed by atoms with Gasteiger partial charge in [-0.1, -0.05) is 19.8 Å². The first kappa shape index (κ1) is 18.3. The number of carbonyl (C=O) groups excluding carboxylic acids is 2. The molecule has 2 atom stereocenters. The van der Waals surface area contributed by atoms with Crippen LogP contribution in [0.4, 0.5) is 4.79 Å². The lowest BCUT2D eigenvalue weighted by atomic mass is 10.0. The van der Waals surface area contributed by atoms with Crippen molar-refractivity contribution in [3.05, 3.63) is 0 Å². The van der Waals surface area contributed by atoms with E-state index in [0.717, 1.165) is 44.9 Å². The molecule has 1 rings (SSSR count). The molecular weight excluding hydrogens is 278 g/mol. The molecule has 0 unspecified atom stereocenters. The Hall–Kier alpha value is -1.70. The molecule has 5 nitrogen and oxygen atoms in total. The van der Waals surface area contributed by atoms with Crippen molar-refractivity contribution >= 4 is 11.9 Å². The van der Waals surface area contributed by atoms with Gasteiger partial charge < -0.3 is 16.0 Å². The van der Waals surface area contributed by atoms with Gasteiger partial charge >= 0.3 is 6.03 Å². The number of hydrogen-bond donors (Lipinski definition) is 3. The van der Waals surface area contributed by atoms with Crippen molar-refractivity contribution in [3.63, 3.8) is 0 Å². The Morgan fingerprint density at radius 1 is 1.18 bits per heavy atom. The van der Waals surface area contributed by atoms with Gasteiger partial charge in [0.15, 0.2) is 0 Å². The summed E-state index contributed by atoms with van der Waals surface area (Å²) in [6.45, 7) is 4.77. The Morgan fingerprint density at radius 3 is 2.68 bits per heavy atom. The van der Waals surface area contributed by atoms with Crippen molar-refractivity contribution in [2.45, 2.75) is 77.3 Å². The lowest BCUT2D eigenvalue weighted by Gasteiger charge is -2.13. The Balaban J connectivity index is 1.93.